The lowest BCUT2D eigenvalue weighted by Gasteiger charge is -2.11. The molecule has 19 heavy (non-hydrogen) atoms. The molecule has 1 fully saturated rings. The van der Waals surface area contributed by atoms with Gasteiger partial charge in [0.2, 0.25) is 5.88 Å². The molecule has 1 aliphatic rings. The maximum Gasteiger partial charge on any atom is 0.345 e. The minimum atomic E-state index is -0.438. The van der Waals surface area contributed by atoms with E-state index in [9.17, 15) is 4.79 Å². The highest BCUT2D eigenvalue weighted by atomic mass is 16.5. The van der Waals surface area contributed by atoms with Crippen molar-refractivity contribution in [3.8, 4) is 11.9 Å². The molecule has 102 valence electrons. The van der Waals surface area contributed by atoms with Crippen molar-refractivity contribution >= 4 is 5.97 Å². The van der Waals surface area contributed by atoms with E-state index in [4.69, 9.17) is 14.7 Å². The molecule has 2 rings (SSSR count). The Bertz CT molecular complexity index is 538. The van der Waals surface area contributed by atoms with E-state index in [1.807, 2.05) is 0 Å². The Hall–Kier alpha value is -2.03. The largest absolute Gasteiger partial charge is 0.481 e. The Morgan fingerprint density at radius 3 is 2.79 bits per heavy atom. The number of ether oxygens (including phenoxy) is 2. The van der Waals surface area contributed by atoms with Gasteiger partial charge in [-0.25, -0.2) is 9.48 Å². The number of nitrogens with zero attached hydrogens (tertiary/aromatic N) is 3. The summed E-state index contributed by atoms with van der Waals surface area (Å²) < 4.78 is 12.0. The van der Waals surface area contributed by atoms with Crippen molar-refractivity contribution in [1.82, 2.24) is 9.78 Å². The standard InChI is InChI=1S/C13H17N3O3/c1-9-10(11(18-3)16(2)15-9)12(17)19-8-13(4-5-13)6-7-14/h4-6,8H2,1-3H3. The SMILES string of the molecule is COc1c(C(=O)OCC2(CC#N)CC2)c(C)nn1C. The fourth-order valence-corrected chi connectivity index (χ4v) is 2.11. The first-order chi connectivity index (χ1) is 9.03. The van der Waals surface area contributed by atoms with E-state index >= 15 is 0 Å². The quantitative estimate of drug-likeness (QED) is 0.754. The van der Waals surface area contributed by atoms with E-state index in [0.29, 0.717) is 23.6 Å². The Morgan fingerprint density at radius 2 is 2.26 bits per heavy atom. The lowest BCUT2D eigenvalue weighted by Crippen LogP contribution is -2.16. The molecule has 0 aromatic carbocycles. The van der Waals surface area contributed by atoms with E-state index < -0.39 is 5.97 Å². The zero-order valence-electron chi connectivity index (χ0n) is 11.4. The number of carbonyl (C=O) groups excluding carboxylic acids is 1. The molecule has 1 aliphatic carbocycles. The fraction of sp³-hybridized carbons (Fsp3) is 0.615. The van der Waals surface area contributed by atoms with Crippen LogP contribution in [0.4, 0.5) is 0 Å². The highest BCUT2D eigenvalue weighted by Gasteiger charge is 2.44. The number of carbonyl (C=O) groups is 1. The van der Waals surface area contributed by atoms with Gasteiger partial charge >= 0.3 is 5.97 Å². The van der Waals surface area contributed by atoms with E-state index in [1.54, 1.807) is 14.0 Å². The molecular weight excluding hydrogens is 246 g/mol. The molecule has 1 heterocycles. The minimum absolute atomic E-state index is 0.117. The highest BCUT2D eigenvalue weighted by molar-refractivity contribution is 5.93. The molecule has 1 aromatic heterocycles. The lowest BCUT2D eigenvalue weighted by atomic mass is 10.1. The summed E-state index contributed by atoms with van der Waals surface area (Å²) in [4.78, 5) is 12.1. The molecule has 0 bridgehead atoms. The van der Waals surface area contributed by atoms with Crippen LogP contribution in [-0.2, 0) is 11.8 Å². The second-order valence-corrected chi connectivity index (χ2v) is 5.00. The maximum atomic E-state index is 12.1. The smallest absolute Gasteiger partial charge is 0.345 e. The second kappa shape index (κ2) is 4.92. The Labute approximate surface area is 111 Å². The normalized spacial score (nSPS) is 15.7. The zero-order chi connectivity index (χ0) is 14.0. The van der Waals surface area contributed by atoms with Gasteiger partial charge in [0, 0.05) is 18.9 Å². The second-order valence-electron chi connectivity index (χ2n) is 5.00. The number of methoxy groups -OCH3 is 1. The molecule has 0 aliphatic heterocycles. The maximum absolute atomic E-state index is 12.1. The van der Waals surface area contributed by atoms with Gasteiger partial charge < -0.3 is 9.47 Å². The average Bonchev–Trinajstić information content (AvgIpc) is 3.06. The number of hydrogen-bond acceptors (Lipinski definition) is 5. The topological polar surface area (TPSA) is 77.1 Å². The van der Waals surface area contributed by atoms with Crippen molar-refractivity contribution < 1.29 is 14.3 Å². The number of hydrogen-bond donors (Lipinski definition) is 0. The van der Waals surface area contributed by atoms with Crippen LogP contribution in [0.15, 0.2) is 0 Å². The molecule has 6 heteroatoms. The summed E-state index contributed by atoms with van der Waals surface area (Å²) in [5, 5.41) is 12.9. The molecule has 0 unspecified atom stereocenters. The molecule has 6 nitrogen and oxygen atoms in total. The number of nitriles is 1. The van der Waals surface area contributed by atoms with E-state index in [0.717, 1.165) is 12.8 Å². The van der Waals surface area contributed by atoms with Gasteiger partial charge in [0.1, 0.15) is 5.56 Å². The summed E-state index contributed by atoms with van der Waals surface area (Å²) in [7, 11) is 3.20. The number of aromatic nitrogens is 2. The van der Waals surface area contributed by atoms with Crippen LogP contribution in [-0.4, -0.2) is 29.5 Å². The van der Waals surface area contributed by atoms with Crippen LogP contribution in [0.25, 0.3) is 0 Å². The highest BCUT2D eigenvalue weighted by Crippen LogP contribution is 2.48. The fourth-order valence-electron chi connectivity index (χ4n) is 2.11. The predicted molar refractivity (Wildman–Crippen MR) is 66.7 cm³/mol. The van der Waals surface area contributed by atoms with Crippen molar-refractivity contribution in [1.29, 1.82) is 5.26 Å². The van der Waals surface area contributed by atoms with Crippen LogP contribution in [0.2, 0.25) is 0 Å². The van der Waals surface area contributed by atoms with Crippen molar-refractivity contribution in [3.63, 3.8) is 0 Å². The van der Waals surface area contributed by atoms with Crippen molar-refractivity contribution in [3.05, 3.63) is 11.3 Å². The Kier molecular flexibility index (Phi) is 3.47. The van der Waals surface area contributed by atoms with Gasteiger partial charge in [-0.3, -0.25) is 0 Å². The summed E-state index contributed by atoms with van der Waals surface area (Å²) >= 11 is 0. The first-order valence-corrected chi connectivity index (χ1v) is 6.15. The van der Waals surface area contributed by atoms with Gasteiger partial charge in [0.25, 0.3) is 0 Å². The first kappa shape index (κ1) is 13.4. The number of esters is 1. The third-order valence-electron chi connectivity index (χ3n) is 3.49. The molecular formula is C13H17N3O3. The van der Waals surface area contributed by atoms with Gasteiger partial charge in [0.05, 0.1) is 25.5 Å². The molecule has 0 saturated heterocycles. The number of rotatable bonds is 5. The van der Waals surface area contributed by atoms with Crippen molar-refractivity contribution in [2.24, 2.45) is 12.5 Å². The summed E-state index contributed by atoms with van der Waals surface area (Å²) in [6.45, 7) is 2.03. The van der Waals surface area contributed by atoms with Crippen molar-refractivity contribution in [2.45, 2.75) is 26.2 Å². The molecule has 0 radical (unpaired) electrons. The summed E-state index contributed by atoms with van der Waals surface area (Å²) in [6.07, 6.45) is 2.32. The average molecular weight is 263 g/mol. The van der Waals surface area contributed by atoms with Gasteiger partial charge in [-0.05, 0) is 19.8 Å². The third kappa shape index (κ3) is 2.55. The van der Waals surface area contributed by atoms with E-state index in [-0.39, 0.29) is 12.0 Å². The monoisotopic (exact) mass is 263 g/mol. The van der Waals surface area contributed by atoms with Gasteiger partial charge in [0.15, 0.2) is 0 Å². The summed E-state index contributed by atoms with van der Waals surface area (Å²) in [5.41, 5.74) is 0.820. The minimum Gasteiger partial charge on any atom is -0.481 e. The molecule has 0 atom stereocenters. The summed E-state index contributed by atoms with van der Waals surface area (Å²) in [6, 6.07) is 2.14. The van der Waals surface area contributed by atoms with Crippen LogP contribution < -0.4 is 4.74 Å². The van der Waals surface area contributed by atoms with E-state index in [2.05, 4.69) is 11.2 Å². The predicted octanol–water partition coefficient (Wildman–Crippen LogP) is 1.59. The van der Waals surface area contributed by atoms with Gasteiger partial charge in [-0.15, -0.1) is 0 Å². The zero-order valence-corrected chi connectivity index (χ0v) is 11.4. The lowest BCUT2D eigenvalue weighted by molar-refractivity contribution is 0.0414. The van der Waals surface area contributed by atoms with Crippen LogP contribution in [0, 0.1) is 23.7 Å². The van der Waals surface area contributed by atoms with Gasteiger partial charge in [-0.1, -0.05) is 0 Å². The molecule has 0 N–H and O–H groups in total. The van der Waals surface area contributed by atoms with Gasteiger partial charge in [-0.2, -0.15) is 10.4 Å². The molecule has 0 spiro atoms. The third-order valence-corrected chi connectivity index (χ3v) is 3.49. The Balaban J connectivity index is 2.07. The van der Waals surface area contributed by atoms with Crippen LogP contribution in [0.1, 0.15) is 35.3 Å². The molecule has 1 saturated carbocycles. The summed E-state index contributed by atoms with van der Waals surface area (Å²) in [5.74, 6) is -0.0423. The Morgan fingerprint density at radius 1 is 1.58 bits per heavy atom. The van der Waals surface area contributed by atoms with Crippen LogP contribution >= 0.6 is 0 Å². The molecule has 0 amide bonds. The van der Waals surface area contributed by atoms with Crippen LogP contribution in [0.5, 0.6) is 5.88 Å². The molecule has 1 aromatic rings. The first-order valence-electron chi connectivity index (χ1n) is 6.15. The number of aryl methyl sites for hydroxylation is 2. The van der Waals surface area contributed by atoms with Crippen LogP contribution in [0.3, 0.4) is 0 Å². The van der Waals surface area contributed by atoms with E-state index in [1.165, 1.54) is 11.8 Å². The van der Waals surface area contributed by atoms with Crippen molar-refractivity contribution in [2.75, 3.05) is 13.7 Å².